The second-order valence-corrected chi connectivity index (χ2v) is 10.0. The minimum atomic E-state index is -3.30. The summed E-state index contributed by atoms with van der Waals surface area (Å²) in [4.78, 5) is 6.89. The first-order valence-corrected chi connectivity index (χ1v) is 12.7. The van der Waals surface area contributed by atoms with Crippen LogP contribution in [0.5, 0.6) is 0 Å². The predicted molar refractivity (Wildman–Crippen MR) is 125 cm³/mol. The highest BCUT2D eigenvalue weighted by molar-refractivity contribution is 7.88. The molecule has 1 saturated heterocycles. The summed E-state index contributed by atoms with van der Waals surface area (Å²) in [5.74, 6) is 0.782. The summed E-state index contributed by atoms with van der Waals surface area (Å²) >= 11 is 0. The molecule has 1 aromatic rings. The van der Waals surface area contributed by atoms with E-state index in [0.717, 1.165) is 30.2 Å². The summed E-state index contributed by atoms with van der Waals surface area (Å²) in [6, 6.07) is 8.27. The summed E-state index contributed by atoms with van der Waals surface area (Å²) < 4.78 is 26.7. The number of aliphatic imine (C=N–C) groups is 1. The second kappa shape index (κ2) is 12.3. The molecule has 1 atom stereocenters. The Morgan fingerprint density at radius 2 is 1.87 bits per heavy atom. The summed E-state index contributed by atoms with van der Waals surface area (Å²) in [5.41, 5.74) is 1.86. The lowest BCUT2D eigenvalue weighted by Crippen LogP contribution is -2.45. The average Bonchev–Trinajstić information content (AvgIpc) is 2.70. The van der Waals surface area contributed by atoms with Gasteiger partial charge >= 0.3 is 0 Å². The number of sulfonamides is 1. The normalized spacial score (nSPS) is 18.6. The number of benzene rings is 1. The van der Waals surface area contributed by atoms with E-state index >= 15 is 0 Å². The average molecular weight is 438 g/mol. The van der Waals surface area contributed by atoms with Gasteiger partial charge in [-0.3, -0.25) is 9.89 Å². The third-order valence-electron chi connectivity index (χ3n) is 5.39. The maximum absolute atomic E-state index is 12.1. The highest BCUT2D eigenvalue weighted by Gasteiger charge is 2.20. The van der Waals surface area contributed by atoms with Crippen molar-refractivity contribution >= 4 is 16.0 Å². The number of nitrogens with one attached hydrogen (secondary N) is 3. The third kappa shape index (κ3) is 8.62. The standard InChI is InChI=1S/C22H39N5O2S/c1-5-21-8-6-7-14-27(21)15-13-24-22(23-4)25-16-19-9-11-20(12-10-19)17-30(28,29)26-18(2)3/h9-12,18,21,26H,5-8,13-17H2,1-4H3,(H2,23,24,25). The third-order valence-corrected chi connectivity index (χ3v) is 6.93. The summed E-state index contributed by atoms with van der Waals surface area (Å²) in [6.45, 7) is 9.66. The molecule has 3 N–H and O–H groups in total. The van der Waals surface area contributed by atoms with Crippen LogP contribution in [-0.4, -0.2) is 58.0 Å². The smallest absolute Gasteiger partial charge is 0.216 e. The van der Waals surface area contributed by atoms with Crippen molar-refractivity contribution in [2.45, 2.75) is 70.8 Å². The lowest BCUT2D eigenvalue weighted by atomic mass is 10.0. The Hall–Kier alpha value is -1.64. The molecule has 8 heteroatoms. The number of guanidine groups is 1. The van der Waals surface area contributed by atoms with Gasteiger partial charge in [0.05, 0.1) is 5.75 Å². The SMILES string of the molecule is CCC1CCCCN1CCNC(=NC)NCc1ccc(CS(=O)(=O)NC(C)C)cc1. The molecular formula is C22H39N5O2S. The van der Waals surface area contributed by atoms with Crippen LogP contribution >= 0.6 is 0 Å². The van der Waals surface area contributed by atoms with Crippen molar-refractivity contribution in [1.82, 2.24) is 20.3 Å². The van der Waals surface area contributed by atoms with E-state index in [1.54, 1.807) is 7.05 Å². The number of nitrogens with zero attached hydrogens (tertiary/aromatic N) is 2. The van der Waals surface area contributed by atoms with Crippen molar-refractivity contribution in [2.75, 3.05) is 26.7 Å². The van der Waals surface area contributed by atoms with Gasteiger partial charge < -0.3 is 10.6 Å². The van der Waals surface area contributed by atoms with E-state index in [4.69, 9.17) is 0 Å². The van der Waals surface area contributed by atoms with E-state index in [2.05, 4.69) is 32.2 Å². The first-order valence-electron chi connectivity index (χ1n) is 11.1. The van der Waals surface area contributed by atoms with Crippen molar-refractivity contribution in [3.05, 3.63) is 35.4 Å². The summed E-state index contributed by atoms with van der Waals surface area (Å²) in [7, 11) is -1.52. The van der Waals surface area contributed by atoms with Gasteiger partial charge in [-0.1, -0.05) is 37.6 Å². The first kappa shape index (κ1) is 24.6. The molecule has 1 unspecified atom stereocenters. The lowest BCUT2D eigenvalue weighted by molar-refractivity contribution is 0.147. The van der Waals surface area contributed by atoms with Gasteiger partial charge in [0.2, 0.25) is 10.0 Å². The molecule has 0 spiro atoms. The van der Waals surface area contributed by atoms with Crippen LogP contribution in [0.2, 0.25) is 0 Å². The van der Waals surface area contributed by atoms with Crippen LogP contribution in [0.1, 0.15) is 57.6 Å². The fourth-order valence-corrected chi connectivity index (χ4v) is 5.35. The van der Waals surface area contributed by atoms with Gasteiger partial charge in [-0.2, -0.15) is 0 Å². The lowest BCUT2D eigenvalue weighted by Gasteiger charge is -2.35. The highest BCUT2D eigenvalue weighted by atomic mass is 32.2. The molecule has 1 aliphatic heterocycles. The van der Waals surface area contributed by atoms with E-state index in [-0.39, 0.29) is 11.8 Å². The van der Waals surface area contributed by atoms with E-state index in [9.17, 15) is 8.42 Å². The number of rotatable bonds is 10. The minimum Gasteiger partial charge on any atom is -0.355 e. The van der Waals surface area contributed by atoms with Crippen LogP contribution in [0, 0.1) is 0 Å². The molecule has 0 radical (unpaired) electrons. The van der Waals surface area contributed by atoms with E-state index in [0.29, 0.717) is 12.6 Å². The van der Waals surface area contributed by atoms with Gasteiger partial charge in [0.25, 0.3) is 0 Å². The van der Waals surface area contributed by atoms with Crippen molar-refractivity contribution in [1.29, 1.82) is 0 Å². The van der Waals surface area contributed by atoms with Crippen molar-refractivity contribution in [3.63, 3.8) is 0 Å². The zero-order chi connectivity index (χ0) is 22.0. The fraction of sp³-hybridized carbons (Fsp3) is 0.682. The molecule has 1 aliphatic rings. The topological polar surface area (TPSA) is 85.8 Å². The van der Waals surface area contributed by atoms with Gasteiger partial charge in [0.1, 0.15) is 0 Å². The molecule has 1 fully saturated rings. The monoisotopic (exact) mass is 437 g/mol. The van der Waals surface area contributed by atoms with E-state index in [1.165, 1.54) is 32.2 Å². The zero-order valence-electron chi connectivity index (χ0n) is 18.9. The molecule has 0 aliphatic carbocycles. The molecule has 0 bridgehead atoms. The summed E-state index contributed by atoms with van der Waals surface area (Å²) in [5, 5.41) is 6.73. The molecule has 0 amide bonds. The van der Waals surface area contributed by atoms with Gasteiger partial charge in [-0.25, -0.2) is 13.1 Å². The van der Waals surface area contributed by atoms with Crippen LogP contribution in [-0.2, 0) is 22.3 Å². The van der Waals surface area contributed by atoms with Crippen LogP contribution in [0.15, 0.2) is 29.3 Å². The number of piperidine rings is 1. The van der Waals surface area contributed by atoms with Crippen LogP contribution < -0.4 is 15.4 Å². The molecule has 2 rings (SSSR count). The van der Waals surface area contributed by atoms with Crippen LogP contribution in [0.3, 0.4) is 0 Å². The van der Waals surface area contributed by atoms with Crippen molar-refractivity contribution in [3.8, 4) is 0 Å². The molecule has 7 nitrogen and oxygen atoms in total. The fourth-order valence-electron chi connectivity index (χ4n) is 3.91. The maximum Gasteiger partial charge on any atom is 0.216 e. The molecule has 0 aromatic heterocycles. The Balaban J connectivity index is 1.76. The van der Waals surface area contributed by atoms with Crippen molar-refractivity contribution in [2.24, 2.45) is 4.99 Å². The van der Waals surface area contributed by atoms with Crippen molar-refractivity contribution < 1.29 is 8.42 Å². The Labute approximate surface area is 182 Å². The van der Waals surface area contributed by atoms with Gasteiger partial charge in [0, 0.05) is 38.8 Å². The largest absolute Gasteiger partial charge is 0.355 e. The molecule has 0 saturated carbocycles. The number of hydrogen-bond acceptors (Lipinski definition) is 4. The molecule has 1 aromatic carbocycles. The Morgan fingerprint density at radius 1 is 1.17 bits per heavy atom. The highest BCUT2D eigenvalue weighted by Crippen LogP contribution is 2.18. The number of hydrogen-bond donors (Lipinski definition) is 3. The van der Waals surface area contributed by atoms with E-state index in [1.807, 2.05) is 38.1 Å². The Morgan fingerprint density at radius 3 is 2.50 bits per heavy atom. The Bertz CT molecular complexity index is 762. The molecular weight excluding hydrogens is 398 g/mol. The predicted octanol–water partition coefficient (Wildman–Crippen LogP) is 2.44. The van der Waals surface area contributed by atoms with Gasteiger partial charge in [-0.15, -0.1) is 0 Å². The maximum atomic E-state index is 12.1. The molecule has 30 heavy (non-hydrogen) atoms. The number of likely N-dealkylation sites (tertiary alicyclic amines) is 1. The minimum absolute atomic E-state index is 0.00261. The second-order valence-electron chi connectivity index (χ2n) is 8.29. The van der Waals surface area contributed by atoms with Crippen LogP contribution in [0.4, 0.5) is 0 Å². The van der Waals surface area contributed by atoms with Gasteiger partial charge in [0.15, 0.2) is 5.96 Å². The quantitative estimate of drug-likeness (QED) is 0.387. The molecule has 1 heterocycles. The van der Waals surface area contributed by atoms with Crippen LogP contribution in [0.25, 0.3) is 0 Å². The van der Waals surface area contributed by atoms with E-state index < -0.39 is 10.0 Å². The zero-order valence-corrected chi connectivity index (χ0v) is 19.8. The Kier molecular flexibility index (Phi) is 10.1. The molecule has 170 valence electrons. The summed E-state index contributed by atoms with van der Waals surface area (Å²) in [6.07, 6.45) is 5.19. The first-order chi connectivity index (χ1) is 14.3. The van der Waals surface area contributed by atoms with Gasteiger partial charge in [-0.05, 0) is 50.8 Å².